The van der Waals surface area contributed by atoms with Crippen LogP contribution in [0.2, 0.25) is 10.0 Å². The van der Waals surface area contributed by atoms with Gasteiger partial charge in [0, 0.05) is 33.1 Å². The second kappa shape index (κ2) is 8.97. The zero-order valence-electron chi connectivity index (χ0n) is 16.0. The normalized spacial score (nSPS) is 11.5. The van der Waals surface area contributed by atoms with E-state index in [0.717, 1.165) is 22.6 Å². The highest BCUT2D eigenvalue weighted by Crippen LogP contribution is 2.33. The van der Waals surface area contributed by atoms with Crippen LogP contribution in [0.3, 0.4) is 0 Å². The van der Waals surface area contributed by atoms with Crippen molar-refractivity contribution >= 4 is 45.6 Å². The number of aromatic nitrogens is 1. The molecule has 1 amide bonds. The first kappa shape index (κ1) is 22.4. The average Bonchev–Trinajstić information content (AvgIpc) is 3.39. The fourth-order valence-electron chi connectivity index (χ4n) is 2.92. The van der Waals surface area contributed by atoms with Crippen LogP contribution >= 0.6 is 34.5 Å². The first-order valence-electron chi connectivity index (χ1n) is 9.16. The van der Waals surface area contributed by atoms with E-state index >= 15 is 0 Å². The number of benzene rings is 2. The van der Waals surface area contributed by atoms with Crippen LogP contribution in [-0.4, -0.2) is 10.9 Å². The minimum Gasteiger partial charge on any atom is -0.451 e. The van der Waals surface area contributed by atoms with Crippen molar-refractivity contribution in [1.29, 1.82) is 0 Å². The van der Waals surface area contributed by atoms with Crippen LogP contribution in [0.25, 0.3) is 11.3 Å². The van der Waals surface area contributed by atoms with E-state index in [1.165, 1.54) is 35.6 Å². The lowest BCUT2D eigenvalue weighted by atomic mass is 10.1. The zero-order chi connectivity index (χ0) is 22.9. The first-order chi connectivity index (χ1) is 15.2. The predicted octanol–water partition coefficient (Wildman–Crippen LogP) is 7.57. The molecule has 0 aliphatic rings. The Kier molecular flexibility index (Phi) is 6.28. The lowest BCUT2D eigenvalue weighted by Gasteiger charge is -2.07. The van der Waals surface area contributed by atoms with Gasteiger partial charge < -0.3 is 4.42 Å². The van der Waals surface area contributed by atoms with E-state index in [2.05, 4.69) is 10.3 Å². The van der Waals surface area contributed by atoms with Crippen LogP contribution in [0.1, 0.15) is 26.6 Å². The molecular formula is C22H13Cl2F3N2O2S. The summed E-state index contributed by atoms with van der Waals surface area (Å²) < 4.78 is 44.2. The Bertz CT molecular complexity index is 1280. The van der Waals surface area contributed by atoms with Gasteiger partial charge in [-0.1, -0.05) is 41.4 Å². The number of amides is 1. The molecule has 32 heavy (non-hydrogen) atoms. The molecule has 4 nitrogen and oxygen atoms in total. The van der Waals surface area contributed by atoms with E-state index in [0.29, 0.717) is 21.6 Å². The quantitative estimate of drug-likeness (QED) is 0.309. The number of halogens is 5. The molecule has 0 aliphatic carbocycles. The molecule has 4 rings (SSSR count). The Labute approximate surface area is 194 Å². The minimum atomic E-state index is -4.47. The Hall–Kier alpha value is -2.81. The molecule has 2 aromatic heterocycles. The van der Waals surface area contributed by atoms with Crippen molar-refractivity contribution in [2.75, 3.05) is 5.32 Å². The maximum Gasteiger partial charge on any atom is 0.416 e. The molecule has 0 radical (unpaired) electrons. The number of nitrogens with one attached hydrogen (secondary N) is 1. The van der Waals surface area contributed by atoms with E-state index in [-0.39, 0.29) is 17.1 Å². The molecule has 2 aromatic carbocycles. The van der Waals surface area contributed by atoms with Crippen LogP contribution in [-0.2, 0) is 12.6 Å². The van der Waals surface area contributed by atoms with Gasteiger partial charge in [0.25, 0.3) is 5.91 Å². The summed E-state index contributed by atoms with van der Waals surface area (Å²) in [5, 5.41) is 4.06. The summed E-state index contributed by atoms with van der Waals surface area (Å²) in [6.07, 6.45) is -2.33. The lowest BCUT2D eigenvalue weighted by molar-refractivity contribution is -0.137. The van der Waals surface area contributed by atoms with Gasteiger partial charge in [0.1, 0.15) is 5.76 Å². The molecule has 164 valence electrons. The monoisotopic (exact) mass is 496 g/mol. The largest absolute Gasteiger partial charge is 0.451 e. The molecule has 0 unspecified atom stereocenters. The lowest BCUT2D eigenvalue weighted by Crippen LogP contribution is -2.10. The average molecular weight is 497 g/mol. The van der Waals surface area contributed by atoms with Crippen molar-refractivity contribution in [2.45, 2.75) is 12.6 Å². The van der Waals surface area contributed by atoms with Crippen LogP contribution in [0.15, 0.2) is 65.2 Å². The summed E-state index contributed by atoms with van der Waals surface area (Å²) in [4.78, 5) is 17.5. The molecule has 1 N–H and O–H groups in total. The summed E-state index contributed by atoms with van der Waals surface area (Å²) in [6, 6.07) is 12.8. The molecule has 0 spiro atoms. The summed E-state index contributed by atoms with van der Waals surface area (Å²) in [5.41, 5.74) is 0.290. The van der Waals surface area contributed by atoms with Gasteiger partial charge >= 0.3 is 6.18 Å². The SMILES string of the molecule is O=C(Nc1ncc(Cc2ccc(Cl)cc2Cl)s1)c1ccc(-c2cccc(C(F)(F)F)c2)o1. The summed E-state index contributed by atoms with van der Waals surface area (Å²) in [6.45, 7) is 0. The van der Waals surface area contributed by atoms with E-state index in [1.54, 1.807) is 18.3 Å². The number of rotatable bonds is 5. The number of hydrogen-bond donors (Lipinski definition) is 1. The number of nitrogens with zero attached hydrogens (tertiary/aromatic N) is 1. The van der Waals surface area contributed by atoms with Crippen molar-refractivity contribution in [3.63, 3.8) is 0 Å². The van der Waals surface area contributed by atoms with Crippen LogP contribution < -0.4 is 5.32 Å². The summed E-state index contributed by atoms with van der Waals surface area (Å²) in [7, 11) is 0. The van der Waals surface area contributed by atoms with Gasteiger partial charge in [0.2, 0.25) is 0 Å². The van der Waals surface area contributed by atoms with Gasteiger partial charge in [-0.2, -0.15) is 13.2 Å². The second-order valence-electron chi connectivity index (χ2n) is 6.74. The predicted molar refractivity (Wildman–Crippen MR) is 118 cm³/mol. The third-order valence-corrected chi connectivity index (χ3v) is 5.96. The summed E-state index contributed by atoms with van der Waals surface area (Å²) >= 11 is 13.4. The molecule has 0 bridgehead atoms. The number of alkyl halides is 3. The Morgan fingerprint density at radius 3 is 2.66 bits per heavy atom. The van der Waals surface area contributed by atoms with Gasteiger partial charge in [0.05, 0.1) is 5.56 Å². The van der Waals surface area contributed by atoms with Gasteiger partial charge in [-0.3, -0.25) is 10.1 Å². The Morgan fingerprint density at radius 1 is 1.09 bits per heavy atom. The van der Waals surface area contributed by atoms with E-state index in [4.69, 9.17) is 27.6 Å². The number of thiazole rings is 1. The molecule has 10 heteroatoms. The van der Waals surface area contributed by atoms with Crippen molar-refractivity contribution in [2.24, 2.45) is 0 Å². The maximum atomic E-state index is 12.9. The third kappa shape index (κ3) is 5.15. The Balaban J connectivity index is 1.45. The molecular weight excluding hydrogens is 484 g/mol. The van der Waals surface area contributed by atoms with E-state index < -0.39 is 17.6 Å². The number of anilines is 1. The number of furan rings is 1. The topological polar surface area (TPSA) is 55.1 Å². The van der Waals surface area contributed by atoms with E-state index in [9.17, 15) is 18.0 Å². The van der Waals surface area contributed by atoms with Gasteiger partial charge in [-0.15, -0.1) is 11.3 Å². The van der Waals surface area contributed by atoms with Crippen molar-refractivity contribution in [1.82, 2.24) is 4.98 Å². The van der Waals surface area contributed by atoms with Crippen LogP contribution in [0.4, 0.5) is 18.3 Å². The van der Waals surface area contributed by atoms with Crippen molar-refractivity contribution in [3.8, 4) is 11.3 Å². The smallest absolute Gasteiger partial charge is 0.416 e. The molecule has 4 aromatic rings. The van der Waals surface area contributed by atoms with Crippen LogP contribution in [0.5, 0.6) is 0 Å². The highest BCUT2D eigenvalue weighted by Gasteiger charge is 2.30. The van der Waals surface area contributed by atoms with Crippen molar-refractivity contribution in [3.05, 3.63) is 92.6 Å². The highest BCUT2D eigenvalue weighted by atomic mass is 35.5. The maximum absolute atomic E-state index is 12.9. The van der Waals surface area contributed by atoms with Crippen molar-refractivity contribution < 1.29 is 22.4 Å². The van der Waals surface area contributed by atoms with Gasteiger partial charge in [-0.25, -0.2) is 4.98 Å². The Morgan fingerprint density at radius 2 is 1.91 bits per heavy atom. The zero-order valence-corrected chi connectivity index (χ0v) is 18.4. The fourth-order valence-corrected chi connectivity index (χ4v) is 4.23. The molecule has 0 fully saturated rings. The number of carbonyl (C=O) groups excluding carboxylic acids is 1. The fraction of sp³-hybridized carbons (Fsp3) is 0.0909. The van der Waals surface area contributed by atoms with Gasteiger partial charge in [0.15, 0.2) is 10.9 Å². The number of hydrogen-bond acceptors (Lipinski definition) is 4. The van der Waals surface area contributed by atoms with E-state index in [1.807, 2.05) is 6.07 Å². The third-order valence-electron chi connectivity index (χ3n) is 4.46. The molecule has 0 saturated carbocycles. The molecule has 0 aliphatic heterocycles. The van der Waals surface area contributed by atoms with Gasteiger partial charge in [-0.05, 0) is 42.0 Å². The molecule has 0 saturated heterocycles. The molecule has 0 atom stereocenters. The van der Waals surface area contributed by atoms with Crippen LogP contribution in [0, 0.1) is 0 Å². The molecule has 2 heterocycles. The number of carbonyl (C=O) groups is 1. The first-order valence-corrected chi connectivity index (χ1v) is 10.7. The second-order valence-corrected chi connectivity index (χ2v) is 8.70. The summed E-state index contributed by atoms with van der Waals surface area (Å²) in [5.74, 6) is -0.456. The highest BCUT2D eigenvalue weighted by molar-refractivity contribution is 7.15. The minimum absolute atomic E-state index is 0.0464. The standard InChI is InChI=1S/C22H13Cl2F3N2O2S/c23-15-5-4-12(17(24)10-15)9-16-11-28-21(32-16)29-20(30)19-7-6-18(31-19)13-2-1-3-14(8-13)22(25,26)27/h1-8,10-11H,9H2,(H,28,29,30).